The third kappa shape index (κ3) is 3.61. The highest BCUT2D eigenvalue weighted by molar-refractivity contribution is 8.15. The molecule has 0 aromatic heterocycles. The molecule has 11 heteroatoms. The van der Waals surface area contributed by atoms with Gasteiger partial charge >= 0.3 is 20.2 Å². The van der Waals surface area contributed by atoms with Gasteiger partial charge in [-0.3, -0.25) is 9.13 Å². The van der Waals surface area contributed by atoms with E-state index in [2.05, 4.69) is 0 Å². The van der Waals surface area contributed by atoms with Gasteiger partial charge < -0.3 is 23.8 Å². The lowest BCUT2D eigenvalue weighted by molar-refractivity contribution is 0.184. The fraction of sp³-hybridized carbons (Fsp3) is 0.833. The first-order valence-corrected chi connectivity index (χ1v) is 14.4. The molecule has 3 aliphatic rings. The Morgan fingerprint density at radius 2 is 1.45 bits per heavy atom. The molecule has 0 spiro atoms. The molecule has 0 aromatic carbocycles. The smallest absolute Gasteiger partial charge is 0.376 e. The lowest BCUT2D eigenvalue weighted by Crippen LogP contribution is -2.36. The summed E-state index contributed by atoms with van der Waals surface area (Å²) in [6, 6.07) is 0. The van der Waals surface area contributed by atoms with Crippen LogP contribution in [0.15, 0.2) is 16.3 Å². The van der Waals surface area contributed by atoms with Crippen LogP contribution in [0.5, 0.6) is 0 Å². The molecule has 8 nitrogen and oxygen atoms in total. The van der Waals surface area contributed by atoms with Gasteiger partial charge in [-0.2, -0.15) is 0 Å². The molecule has 0 aromatic rings. The number of hydrogen-bond acceptors (Lipinski definition) is 9. The van der Waals surface area contributed by atoms with Gasteiger partial charge in [0.25, 0.3) is 0 Å². The Labute approximate surface area is 177 Å². The highest BCUT2D eigenvalue weighted by Gasteiger charge is 2.72. The molecule has 2 atom stereocenters. The molecule has 2 heterocycles. The molecule has 2 fully saturated rings. The van der Waals surface area contributed by atoms with E-state index < -0.39 is 20.2 Å². The Morgan fingerprint density at radius 3 is 1.93 bits per heavy atom. The minimum Gasteiger partial charge on any atom is -0.399 e. The largest absolute Gasteiger partial charge is 0.399 e. The Balaban J connectivity index is 2.25. The topological polar surface area (TPSA) is 109 Å². The lowest BCUT2D eigenvalue weighted by Gasteiger charge is -2.38. The van der Waals surface area contributed by atoms with Crippen LogP contribution in [-0.4, -0.2) is 41.7 Å². The molecule has 29 heavy (non-hydrogen) atoms. The third-order valence-corrected chi connectivity index (χ3v) is 12.9. The minimum absolute atomic E-state index is 0.0872. The van der Waals surface area contributed by atoms with Crippen LogP contribution in [0.25, 0.3) is 0 Å². The number of nitrogens with zero attached hydrogens (tertiary/aromatic N) is 1. The van der Waals surface area contributed by atoms with Crippen molar-refractivity contribution in [2.75, 3.05) is 26.4 Å². The molecule has 2 aliphatic heterocycles. The van der Waals surface area contributed by atoms with E-state index in [9.17, 15) is 9.13 Å². The number of hydrogen-bond donors (Lipinski definition) is 1. The summed E-state index contributed by atoms with van der Waals surface area (Å²) in [4.78, 5) is 4.76. The van der Waals surface area contributed by atoms with Crippen molar-refractivity contribution in [1.82, 2.24) is 0 Å². The summed E-state index contributed by atoms with van der Waals surface area (Å²) in [6.07, 6.45) is 4.33. The molecule has 166 valence electrons. The molecule has 1 aliphatic carbocycles. The van der Waals surface area contributed by atoms with E-state index in [4.69, 9.17) is 28.8 Å². The van der Waals surface area contributed by atoms with Gasteiger partial charge in [-0.05, 0) is 40.5 Å². The van der Waals surface area contributed by atoms with Crippen LogP contribution in [0.2, 0.25) is 0 Å². The van der Waals surface area contributed by atoms with Crippen molar-refractivity contribution in [3.05, 3.63) is 11.3 Å². The average molecular weight is 466 g/mol. The number of rotatable bonds is 10. The standard InChI is InChI=1S/C18H32N2O6P2S/c1-5-23-27(21,24-6-2)18(28(22,25-7-3)26-8-4)16(19)15-13-11-9-10-12-14(13)29-17(15)20-18/h13-14H,5-12,19H2,1-4H3. The molecule has 3 rings (SSSR count). The summed E-state index contributed by atoms with van der Waals surface area (Å²) in [6.45, 7) is 7.14. The highest BCUT2D eigenvalue weighted by Crippen LogP contribution is 2.82. The maximum absolute atomic E-state index is 14.1. The first-order chi connectivity index (χ1) is 13.8. The Bertz CT molecular complexity index is 736. The summed E-state index contributed by atoms with van der Waals surface area (Å²) in [7, 11) is -8.27. The first-order valence-electron chi connectivity index (χ1n) is 10.4. The predicted molar refractivity (Wildman–Crippen MR) is 116 cm³/mol. The van der Waals surface area contributed by atoms with Crippen LogP contribution in [0.4, 0.5) is 0 Å². The van der Waals surface area contributed by atoms with Crippen molar-refractivity contribution in [2.45, 2.75) is 63.6 Å². The molecule has 2 N–H and O–H groups in total. The van der Waals surface area contributed by atoms with E-state index in [1.165, 1.54) is 6.42 Å². The van der Waals surface area contributed by atoms with Crippen molar-refractivity contribution in [2.24, 2.45) is 16.6 Å². The van der Waals surface area contributed by atoms with Crippen LogP contribution < -0.4 is 5.73 Å². The zero-order valence-corrected chi connectivity index (χ0v) is 20.2. The van der Waals surface area contributed by atoms with E-state index in [0.717, 1.165) is 24.8 Å². The molecular formula is C18H32N2O6P2S. The monoisotopic (exact) mass is 466 g/mol. The maximum atomic E-state index is 14.1. The number of fused-ring (bicyclic) bond motifs is 3. The van der Waals surface area contributed by atoms with Gasteiger partial charge in [-0.1, -0.05) is 12.8 Å². The highest BCUT2D eigenvalue weighted by atomic mass is 32.2. The first kappa shape index (κ1) is 23.5. The van der Waals surface area contributed by atoms with Crippen LogP contribution in [0.1, 0.15) is 53.4 Å². The van der Waals surface area contributed by atoms with Crippen LogP contribution in [0, 0.1) is 5.92 Å². The van der Waals surface area contributed by atoms with Crippen LogP contribution in [0.3, 0.4) is 0 Å². The average Bonchev–Trinajstić information content (AvgIpc) is 3.17. The number of nitrogens with two attached hydrogens (primary N) is 1. The SMILES string of the molecule is CCOP(=O)(OCC)C1(P(=O)(OCC)OCC)N=C2SC3CCCCC3C2=C1N. The second-order valence-electron chi connectivity index (χ2n) is 7.09. The summed E-state index contributed by atoms with van der Waals surface area (Å²) >= 11 is 1.62. The number of thioether (sulfide) groups is 1. The van der Waals surface area contributed by atoms with Gasteiger partial charge in [0.05, 0.1) is 37.2 Å². The van der Waals surface area contributed by atoms with Crippen molar-refractivity contribution < 1.29 is 27.2 Å². The summed E-state index contributed by atoms with van der Waals surface area (Å²) in [5.41, 5.74) is 7.69. The second-order valence-corrected chi connectivity index (χ2v) is 13.0. The molecule has 0 radical (unpaired) electrons. The van der Waals surface area contributed by atoms with E-state index in [1.54, 1.807) is 39.5 Å². The maximum Gasteiger partial charge on any atom is 0.376 e. The van der Waals surface area contributed by atoms with Gasteiger partial charge in [0.1, 0.15) is 0 Å². The molecule has 2 unspecified atom stereocenters. The molecular weight excluding hydrogens is 434 g/mol. The summed E-state index contributed by atoms with van der Waals surface area (Å²) in [5, 5.41) is -0.928. The fourth-order valence-electron chi connectivity index (χ4n) is 4.40. The van der Waals surface area contributed by atoms with Gasteiger partial charge in [0.2, 0.25) is 0 Å². The van der Waals surface area contributed by atoms with Gasteiger partial charge in [-0.15, -0.1) is 11.8 Å². The quantitative estimate of drug-likeness (QED) is 0.443. The zero-order valence-electron chi connectivity index (χ0n) is 17.6. The van der Waals surface area contributed by atoms with Crippen LogP contribution in [-0.2, 0) is 27.2 Å². The van der Waals surface area contributed by atoms with Gasteiger partial charge in [0.15, 0.2) is 0 Å². The van der Waals surface area contributed by atoms with E-state index >= 15 is 0 Å². The molecule has 1 saturated carbocycles. The lowest BCUT2D eigenvalue weighted by atomic mass is 9.83. The van der Waals surface area contributed by atoms with E-state index in [1.807, 2.05) is 0 Å². The van der Waals surface area contributed by atoms with Gasteiger partial charge in [0, 0.05) is 16.7 Å². The number of aliphatic imine (C=N–C) groups is 1. The van der Waals surface area contributed by atoms with Crippen LogP contribution >= 0.6 is 27.0 Å². The predicted octanol–water partition coefficient (Wildman–Crippen LogP) is 5.10. The Morgan fingerprint density at radius 1 is 0.966 bits per heavy atom. The molecule has 0 bridgehead atoms. The summed E-state index contributed by atoms with van der Waals surface area (Å²) < 4.78 is 50.8. The Kier molecular flexibility index (Phi) is 7.42. The van der Waals surface area contributed by atoms with Crippen molar-refractivity contribution >= 4 is 32.0 Å². The van der Waals surface area contributed by atoms with Crippen molar-refractivity contribution in [3.8, 4) is 0 Å². The zero-order chi connectivity index (χ0) is 21.3. The summed E-state index contributed by atoms with van der Waals surface area (Å²) in [5.74, 6) is 0.197. The molecule has 0 amide bonds. The normalized spacial score (nSPS) is 26.4. The third-order valence-electron chi connectivity index (χ3n) is 5.44. The van der Waals surface area contributed by atoms with Crippen molar-refractivity contribution in [3.63, 3.8) is 0 Å². The van der Waals surface area contributed by atoms with Gasteiger partial charge in [-0.25, -0.2) is 4.99 Å². The molecule has 1 saturated heterocycles. The van der Waals surface area contributed by atoms with E-state index in [0.29, 0.717) is 10.3 Å². The van der Waals surface area contributed by atoms with E-state index in [-0.39, 0.29) is 38.0 Å². The Hall–Kier alpha value is -0.140. The second kappa shape index (κ2) is 9.15. The van der Waals surface area contributed by atoms with Crippen molar-refractivity contribution in [1.29, 1.82) is 0 Å². The minimum atomic E-state index is -4.13. The fourth-order valence-corrected chi connectivity index (χ4v) is 11.5.